The van der Waals surface area contributed by atoms with Crippen LogP contribution < -0.4 is 10.1 Å². The molecule has 140 valence electrons. The van der Waals surface area contributed by atoms with Crippen molar-refractivity contribution in [3.8, 4) is 5.75 Å². The minimum atomic E-state index is 0. The van der Waals surface area contributed by atoms with Crippen LogP contribution in [0.3, 0.4) is 0 Å². The lowest BCUT2D eigenvalue weighted by atomic mass is 9.97. The minimum Gasteiger partial charge on any atom is -0.487 e. The summed E-state index contributed by atoms with van der Waals surface area (Å²) in [6.07, 6.45) is 8.82. The molecule has 1 aliphatic carbocycles. The molecule has 0 heterocycles. The van der Waals surface area contributed by atoms with Gasteiger partial charge in [-0.15, -0.1) is 12.4 Å². The molecule has 0 unspecified atom stereocenters. The van der Waals surface area contributed by atoms with Crippen LogP contribution in [-0.2, 0) is 13.2 Å². The molecule has 0 amide bonds. The number of nitrogens with one attached hydrogen (secondary N) is 1. The molecular formula is C22H27Cl2NO. The summed E-state index contributed by atoms with van der Waals surface area (Å²) < 4.78 is 5.82. The van der Waals surface area contributed by atoms with Crippen LogP contribution in [0.2, 0.25) is 5.02 Å². The lowest BCUT2D eigenvalue weighted by Crippen LogP contribution is -2.15. The van der Waals surface area contributed by atoms with Crippen LogP contribution in [0.4, 0.5) is 0 Å². The fraction of sp³-hybridized carbons (Fsp3) is 0.364. The zero-order chi connectivity index (χ0) is 17.3. The van der Waals surface area contributed by atoms with Crippen molar-refractivity contribution >= 4 is 24.0 Å². The molecule has 0 aliphatic heterocycles. The number of rotatable bonds is 8. The number of hydrogen-bond acceptors (Lipinski definition) is 2. The van der Waals surface area contributed by atoms with Gasteiger partial charge in [0.2, 0.25) is 0 Å². The van der Waals surface area contributed by atoms with Gasteiger partial charge in [-0.05, 0) is 61.9 Å². The molecule has 0 saturated carbocycles. The Morgan fingerprint density at radius 2 is 1.85 bits per heavy atom. The standard InChI is InChI=1S/C22H26ClNO.ClH/c23-21-15-20(16-24-14-13-18-7-3-1-4-8-18)11-12-22(21)25-17-19-9-5-2-6-10-19;/h2,5-7,9-12,15,24H,1,3-4,8,13-14,16-17H2;1H. The first-order valence-electron chi connectivity index (χ1n) is 9.15. The van der Waals surface area contributed by atoms with Crippen LogP contribution in [0.15, 0.2) is 60.2 Å². The molecule has 4 heteroatoms. The van der Waals surface area contributed by atoms with Gasteiger partial charge < -0.3 is 10.1 Å². The van der Waals surface area contributed by atoms with Crippen molar-refractivity contribution in [2.45, 2.75) is 45.3 Å². The average molecular weight is 392 g/mol. The molecule has 2 aromatic carbocycles. The third-order valence-electron chi connectivity index (χ3n) is 4.57. The first kappa shape index (κ1) is 20.8. The van der Waals surface area contributed by atoms with E-state index in [2.05, 4.69) is 17.5 Å². The van der Waals surface area contributed by atoms with Gasteiger partial charge in [-0.2, -0.15) is 0 Å². The van der Waals surface area contributed by atoms with E-state index in [9.17, 15) is 0 Å². The normalized spacial score (nSPS) is 13.7. The van der Waals surface area contributed by atoms with Gasteiger partial charge in [0.05, 0.1) is 5.02 Å². The van der Waals surface area contributed by atoms with Crippen LogP contribution in [0.1, 0.15) is 43.2 Å². The molecule has 0 spiro atoms. The van der Waals surface area contributed by atoms with Crippen molar-refractivity contribution in [1.82, 2.24) is 5.32 Å². The first-order chi connectivity index (χ1) is 12.3. The molecule has 0 atom stereocenters. The van der Waals surface area contributed by atoms with Crippen molar-refractivity contribution < 1.29 is 4.74 Å². The second-order valence-electron chi connectivity index (χ2n) is 6.57. The Morgan fingerprint density at radius 1 is 1.00 bits per heavy atom. The van der Waals surface area contributed by atoms with E-state index in [1.165, 1.54) is 31.2 Å². The van der Waals surface area contributed by atoms with Gasteiger partial charge in [-0.25, -0.2) is 0 Å². The molecule has 0 fully saturated rings. The summed E-state index contributed by atoms with van der Waals surface area (Å²) in [6.45, 7) is 2.40. The second kappa shape index (κ2) is 11.3. The highest BCUT2D eigenvalue weighted by Gasteiger charge is 2.05. The third kappa shape index (κ3) is 6.68. The topological polar surface area (TPSA) is 21.3 Å². The lowest BCUT2D eigenvalue weighted by Gasteiger charge is -2.13. The number of hydrogen-bond donors (Lipinski definition) is 1. The molecule has 2 nitrogen and oxygen atoms in total. The summed E-state index contributed by atoms with van der Waals surface area (Å²) in [5.74, 6) is 0.738. The largest absolute Gasteiger partial charge is 0.487 e. The monoisotopic (exact) mass is 391 g/mol. The Kier molecular flexibility index (Phi) is 9.04. The van der Waals surface area contributed by atoms with E-state index in [1.54, 1.807) is 5.57 Å². The molecule has 0 aromatic heterocycles. The second-order valence-corrected chi connectivity index (χ2v) is 6.98. The predicted molar refractivity (Wildman–Crippen MR) is 112 cm³/mol. The van der Waals surface area contributed by atoms with Crippen LogP contribution in [0.25, 0.3) is 0 Å². The van der Waals surface area contributed by atoms with E-state index < -0.39 is 0 Å². The fourth-order valence-electron chi connectivity index (χ4n) is 3.12. The van der Waals surface area contributed by atoms with Gasteiger partial charge >= 0.3 is 0 Å². The van der Waals surface area contributed by atoms with Gasteiger partial charge in [0.15, 0.2) is 0 Å². The molecule has 1 N–H and O–H groups in total. The van der Waals surface area contributed by atoms with Gasteiger partial charge in [-0.3, -0.25) is 0 Å². The molecule has 0 saturated heterocycles. The number of allylic oxidation sites excluding steroid dienone is 1. The van der Waals surface area contributed by atoms with Gasteiger partial charge in [0, 0.05) is 6.54 Å². The Balaban J connectivity index is 0.00000243. The Bertz CT molecular complexity index is 701. The van der Waals surface area contributed by atoms with Gasteiger partial charge in [-0.1, -0.05) is 59.6 Å². The number of halogens is 2. The van der Waals surface area contributed by atoms with Crippen LogP contribution in [0.5, 0.6) is 5.75 Å². The Hall–Kier alpha value is -1.48. The summed E-state index contributed by atoms with van der Waals surface area (Å²) >= 11 is 6.37. The summed E-state index contributed by atoms with van der Waals surface area (Å²) in [7, 11) is 0. The Labute approximate surface area is 168 Å². The summed E-state index contributed by atoms with van der Waals surface area (Å²) in [5.41, 5.74) is 3.94. The zero-order valence-corrected chi connectivity index (χ0v) is 16.6. The van der Waals surface area contributed by atoms with Gasteiger partial charge in [0.1, 0.15) is 12.4 Å². The Morgan fingerprint density at radius 3 is 2.58 bits per heavy atom. The zero-order valence-electron chi connectivity index (χ0n) is 15.0. The van der Waals surface area contributed by atoms with E-state index >= 15 is 0 Å². The lowest BCUT2D eigenvalue weighted by molar-refractivity contribution is 0.306. The SMILES string of the molecule is Cl.Clc1cc(CNCCC2=CCCCC2)ccc1OCc1ccccc1. The van der Waals surface area contributed by atoms with E-state index in [-0.39, 0.29) is 12.4 Å². The molecule has 2 aromatic rings. The summed E-state index contributed by atoms with van der Waals surface area (Å²) in [6, 6.07) is 16.2. The van der Waals surface area contributed by atoms with Crippen LogP contribution >= 0.6 is 24.0 Å². The van der Waals surface area contributed by atoms with E-state index in [0.29, 0.717) is 11.6 Å². The molecule has 26 heavy (non-hydrogen) atoms. The van der Waals surface area contributed by atoms with E-state index in [1.807, 2.05) is 42.5 Å². The third-order valence-corrected chi connectivity index (χ3v) is 4.87. The highest BCUT2D eigenvalue weighted by molar-refractivity contribution is 6.32. The smallest absolute Gasteiger partial charge is 0.138 e. The number of benzene rings is 2. The van der Waals surface area contributed by atoms with Crippen molar-refractivity contribution in [2.75, 3.05) is 6.54 Å². The maximum Gasteiger partial charge on any atom is 0.138 e. The van der Waals surface area contributed by atoms with Crippen LogP contribution in [0, 0.1) is 0 Å². The predicted octanol–water partition coefficient (Wildman–Crippen LogP) is 6.32. The molecule has 0 radical (unpaired) electrons. The first-order valence-corrected chi connectivity index (χ1v) is 9.53. The molecule has 3 rings (SSSR count). The average Bonchev–Trinajstić information content (AvgIpc) is 2.66. The van der Waals surface area contributed by atoms with Crippen molar-refractivity contribution in [2.24, 2.45) is 0 Å². The highest BCUT2D eigenvalue weighted by atomic mass is 35.5. The summed E-state index contributed by atoms with van der Waals surface area (Å²) in [4.78, 5) is 0. The van der Waals surface area contributed by atoms with Crippen molar-refractivity contribution in [3.63, 3.8) is 0 Å². The van der Waals surface area contributed by atoms with Crippen LogP contribution in [-0.4, -0.2) is 6.54 Å². The maximum absolute atomic E-state index is 6.37. The maximum atomic E-state index is 6.37. The fourth-order valence-corrected chi connectivity index (χ4v) is 3.38. The number of ether oxygens (including phenoxy) is 1. The molecular weight excluding hydrogens is 365 g/mol. The van der Waals surface area contributed by atoms with E-state index in [0.717, 1.165) is 30.8 Å². The van der Waals surface area contributed by atoms with Crippen molar-refractivity contribution in [1.29, 1.82) is 0 Å². The van der Waals surface area contributed by atoms with Crippen molar-refractivity contribution in [3.05, 3.63) is 76.3 Å². The quantitative estimate of drug-likeness (QED) is 0.419. The minimum absolute atomic E-state index is 0. The van der Waals surface area contributed by atoms with Gasteiger partial charge in [0.25, 0.3) is 0 Å². The molecule has 0 bridgehead atoms. The highest BCUT2D eigenvalue weighted by Crippen LogP contribution is 2.26. The molecule has 1 aliphatic rings. The summed E-state index contributed by atoms with van der Waals surface area (Å²) in [5, 5.41) is 4.18. The van der Waals surface area contributed by atoms with E-state index in [4.69, 9.17) is 16.3 Å².